The van der Waals surface area contributed by atoms with Gasteiger partial charge in [0.05, 0.1) is 41.3 Å². The average Bonchev–Trinajstić information content (AvgIpc) is 3.37. The van der Waals surface area contributed by atoms with Crippen molar-refractivity contribution in [2.24, 2.45) is 0 Å². The van der Waals surface area contributed by atoms with Crippen LogP contribution in [0.1, 0.15) is 69.0 Å². The fourth-order valence-corrected chi connectivity index (χ4v) is 5.38. The van der Waals surface area contributed by atoms with Crippen LogP contribution in [0.15, 0.2) is 28.3 Å². The normalized spacial score (nSPS) is 15.1. The van der Waals surface area contributed by atoms with Gasteiger partial charge in [-0.25, -0.2) is 4.79 Å². The second-order valence-corrected chi connectivity index (χ2v) is 11.6. The van der Waals surface area contributed by atoms with Gasteiger partial charge in [0.2, 0.25) is 5.91 Å². The summed E-state index contributed by atoms with van der Waals surface area (Å²) in [6.45, 7) is 9.83. The summed E-state index contributed by atoms with van der Waals surface area (Å²) < 4.78 is 11.6. The van der Waals surface area contributed by atoms with Gasteiger partial charge >= 0.3 is 5.97 Å². The van der Waals surface area contributed by atoms with E-state index in [1.165, 1.54) is 0 Å². The Labute approximate surface area is 232 Å². The van der Waals surface area contributed by atoms with E-state index in [-0.39, 0.29) is 24.6 Å². The largest absolute Gasteiger partial charge is 0.496 e. The van der Waals surface area contributed by atoms with E-state index < -0.39 is 12.0 Å². The summed E-state index contributed by atoms with van der Waals surface area (Å²) in [5, 5.41) is 0. The third kappa shape index (κ3) is 7.79. The third-order valence-electron chi connectivity index (χ3n) is 6.37. The highest BCUT2D eigenvalue weighted by Crippen LogP contribution is 2.37. The van der Waals surface area contributed by atoms with Crippen LogP contribution in [0.2, 0.25) is 0 Å². The number of nitrogens with zero attached hydrogens (tertiary/aromatic N) is 3. The van der Waals surface area contributed by atoms with Gasteiger partial charge in [-0.1, -0.05) is 11.8 Å². The van der Waals surface area contributed by atoms with Crippen LogP contribution in [0.4, 0.5) is 0 Å². The zero-order valence-corrected chi connectivity index (χ0v) is 24.7. The molecule has 1 aromatic heterocycles. The quantitative estimate of drug-likeness (QED) is 0.227. The van der Waals surface area contributed by atoms with Gasteiger partial charge in [-0.05, 0) is 92.7 Å². The van der Waals surface area contributed by atoms with Gasteiger partial charge < -0.3 is 14.4 Å². The van der Waals surface area contributed by atoms with E-state index in [2.05, 4.69) is 58.4 Å². The molecular formula is C28H36BrN3O4S. The molecule has 200 valence electrons. The van der Waals surface area contributed by atoms with Crippen LogP contribution in [-0.4, -0.2) is 65.6 Å². The first kappa shape index (κ1) is 29.2. The molecular weight excluding hydrogens is 554 g/mol. The van der Waals surface area contributed by atoms with Gasteiger partial charge in [0.1, 0.15) is 5.75 Å². The first-order valence-electron chi connectivity index (χ1n) is 12.6. The lowest BCUT2D eigenvalue weighted by Crippen LogP contribution is -2.52. The number of fused-ring (bicyclic) bond motifs is 1. The topological polar surface area (TPSA) is 72.0 Å². The molecule has 1 unspecified atom stereocenters. The van der Waals surface area contributed by atoms with Gasteiger partial charge in [-0.3, -0.25) is 14.7 Å². The third-order valence-corrected chi connectivity index (χ3v) is 7.68. The Balaban J connectivity index is 1.71. The molecule has 0 saturated carbocycles. The number of rotatable bonds is 9. The van der Waals surface area contributed by atoms with Crippen molar-refractivity contribution in [3.8, 4) is 17.6 Å². The molecule has 0 radical (unpaired) electrons. The lowest BCUT2D eigenvalue weighted by molar-refractivity contribution is -0.156. The van der Waals surface area contributed by atoms with Gasteiger partial charge in [0, 0.05) is 18.5 Å². The maximum Gasteiger partial charge on any atom is 0.333 e. The predicted molar refractivity (Wildman–Crippen MR) is 150 cm³/mol. The molecule has 2 aromatic rings. The van der Waals surface area contributed by atoms with E-state index in [1.807, 2.05) is 12.1 Å². The minimum atomic E-state index is -0.776. The van der Waals surface area contributed by atoms with Crippen molar-refractivity contribution in [1.82, 2.24) is 14.8 Å². The maximum atomic E-state index is 13.7. The van der Waals surface area contributed by atoms with Crippen LogP contribution in [0, 0.1) is 11.8 Å². The number of thiazole rings is 1. The van der Waals surface area contributed by atoms with E-state index >= 15 is 0 Å². The average molecular weight is 591 g/mol. The summed E-state index contributed by atoms with van der Waals surface area (Å²) in [6.07, 6.45) is 5.11. The molecule has 7 nitrogen and oxygen atoms in total. The number of carbonyl (C=O) groups is 2. The van der Waals surface area contributed by atoms with E-state index in [0.29, 0.717) is 18.7 Å². The number of halogens is 1. The molecule has 2 heterocycles. The van der Waals surface area contributed by atoms with Crippen molar-refractivity contribution in [3.05, 3.63) is 44.3 Å². The molecule has 0 saturated heterocycles. The summed E-state index contributed by atoms with van der Waals surface area (Å²) >= 11 is 5.07. The van der Waals surface area contributed by atoms with Gasteiger partial charge in [-0.2, -0.15) is 0 Å². The van der Waals surface area contributed by atoms with Crippen molar-refractivity contribution >= 4 is 39.1 Å². The number of aromatic nitrogens is 1. The highest BCUT2D eigenvalue weighted by Gasteiger charge is 2.38. The van der Waals surface area contributed by atoms with Crippen molar-refractivity contribution < 1.29 is 19.1 Å². The van der Waals surface area contributed by atoms with Gasteiger partial charge in [0.25, 0.3) is 0 Å². The van der Waals surface area contributed by atoms with Crippen LogP contribution in [0.25, 0.3) is 0 Å². The minimum absolute atomic E-state index is 0.0736. The number of hydrogen-bond donors (Lipinski definition) is 0. The number of amides is 1. The maximum absolute atomic E-state index is 13.7. The van der Waals surface area contributed by atoms with Crippen molar-refractivity contribution in [3.63, 3.8) is 0 Å². The van der Waals surface area contributed by atoms with E-state index in [9.17, 15) is 9.59 Å². The van der Waals surface area contributed by atoms with Crippen molar-refractivity contribution in [2.45, 2.75) is 65.0 Å². The minimum Gasteiger partial charge on any atom is -0.496 e. The van der Waals surface area contributed by atoms with E-state index in [4.69, 9.17) is 9.47 Å². The molecule has 0 bridgehead atoms. The standard InChI is InChI=1S/C28H36BrN3O4S/c1-6-36-27(34)26-22-16-23(29)24(35-5)15-20(22)12-14-32(26)25(33)18-31(28(2,3)4)13-10-8-7-9-11-21-17-30-19-37-21/h15-17,19,26H,6-8,10,12-14,18H2,1-5H3. The summed E-state index contributed by atoms with van der Waals surface area (Å²) in [6, 6.07) is 3.04. The summed E-state index contributed by atoms with van der Waals surface area (Å²) in [5.41, 5.74) is 3.36. The van der Waals surface area contributed by atoms with Crippen LogP contribution in [0.5, 0.6) is 5.75 Å². The number of carbonyl (C=O) groups excluding carboxylic acids is 2. The Hall–Kier alpha value is -2.41. The fourth-order valence-electron chi connectivity index (χ4n) is 4.37. The highest BCUT2D eigenvalue weighted by molar-refractivity contribution is 9.10. The molecule has 0 spiro atoms. The second-order valence-electron chi connectivity index (χ2n) is 9.89. The van der Waals surface area contributed by atoms with Crippen molar-refractivity contribution in [1.29, 1.82) is 0 Å². The zero-order chi connectivity index (χ0) is 27.0. The van der Waals surface area contributed by atoms with Crippen LogP contribution in [-0.2, 0) is 20.7 Å². The molecule has 1 aromatic carbocycles. The molecule has 37 heavy (non-hydrogen) atoms. The highest BCUT2D eigenvalue weighted by atomic mass is 79.9. The SMILES string of the molecule is CCOC(=O)C1c2cc(Br)c(OC)cc2CCN1C(=O)CN(CCCCC#Cc1cncs1)C(C)(C)C. The molecule has 1 amide bonds. The molecule has 3 rings (SSSR count). The Morgan fingerprint density at radius 3 is 2.73 bits per heavy atom. The van der Waals surface area contributed by atoms with E-state index in [1.54, 1.807) is 42.0 Å². The fraction of sp³-hybridized carbons (Fsp3) is 0.536. The van der Waals surface area contributed by atoms with Crippen LogP contribution >= 0.6 is 27.3 Å². The molecule has 0 N–H and O–H groups in total. The molecule has 1 atom stereocenters. The number of esters is 1. The second kappa shape index (κ2) is 13.4. The monoisotopic (exact) mass is 589 g/mol. The summed E-state index contributed by atoms with van der Waals surface area (Å²) in [7, 11) is 1.61. The lowest BCUT2D eigenvalue weighted by Gasteiger charge is -2.40. The Kier molecular flexibility index (Phi) is 10.6. The Morgan fingerprint density at radius 1 is 1.30 bits per heavy atom. The number of methoxy groups -OCH3 is 1. The Bertz CT molecular complexity index is 1130. The molecule has 1 aliphatic rings. The number of ether oxygens (including phenoxy) is 2. The first-order chi connectivity index (χ1) is 17.7. The zero-order valence-electron chi connectivity index (χ0n) is 22.3. The number of hydrogen-bond acceptors (Lipinski definition) is 7. The smallest absolute Gasteiger partial charge is 0.333 e. The van der Waals surface area contributed by atoms with E-state index in [0.717, 1.165) is 46.3 Å². The van der Waals surface area contributed by atoms with Crippen LogP contribution in [0.3, 0.4) is 0 Å². The van der Waals surface area contributed by atoms with Gasteiger partial charge in [0.15, 0.2) is 6.04 Å². The van der Waals surface area contributed by atoms with Gasteiger partial charge in [-0.15, -0.1) is 11.3 Å². The molecule has 1 aliphatic heterocycles. The van der Waals surface area contributed by atoms with Crippen molar-refractivity contribution in [2.75, 3.05) is 33.4 Å². The summed E-state index contributed by atoms with van der Waals surface area (Å²) in [4.78, 5) is 35.6. The predicted octanol–water partition coefficient (Wildman–Crippen LogP) is 5.23. The molecule has 0 fully saturated rings. The molecule has 9 heteroatoms. The number of benzene rings is 1. The Morgan fingerprint density at radius 2 is 2.08 bits per heavy atom. The number of unbranched alkanes of at least 4 members (excludes halogenated alkanes) is 2. The molecule has 0 aliphatic carbocycles. The lowest BCUT2D eigenvalue weighted by atomic mass is 9.92. The van der Waals surface area contributed by atoms with Crippen LogP contribution < -0.4 is 4.74 Å². The first-order valence-corrected chi connectivity index (χ1v) is 14.3. The summed E-state index contributed by atoms with van der Waals surface area (Å²) in [5.74, 6) is 6.57.